The fourth-order valence-electron chi connectivity index (χ4n) is 4.34. The van der Waals surface area contributed by atoms with Crippen LogP contribution in [0.1, 0.15) is 53.2 Å². The zero-order chi connectivity index (χ0) is 20.4. The molecule has 2 aromatic carbocycles. The summed E-state index contributed by atoms with van der Waals surface area (Å²) in [5.41, 5.74) is 3.51. The van der Waals surface area contributed by atoms with E-state index in [1.807, 2.05) is 18.9 Å². The van der Waals surface area contributed by atoms with Gasteiger partial charge in [0, 0.05) is 13.1 Å². The summed E-state index contributed by atoms with van der Waals surface area (Å²) in [7, 11) is 1.89. The molecule has 1 fully saturated rings. The fourth-order valence-corrected chi connectivity index (χ4v) is 4.34. The molecular formula is C24H26FN3O. The topological polar surface area (TPSA) is 38.1 Å². The van der Waals surface area contributed by atoms with Crippen LogP contribution in [0.5, 0.6) is 0 Å². The van der Waals surface area contributed by atoms with Gasteiger partial charge in [0.25, 0.3) is 5.91 Å². The second-order valence-electron chi connectivity index (χ2n) is 7.86. The first kappa shape index (κ1) is 19.4. The lowest BCUT2D eigenvalue weighted by Gasteiger charge is -2.35. The molecule has 4 nitrogen and oxygen atoms in total. The minimum Gasteiger partial charge on any atom is -0.339 e. The first-order valence-corrected chi connectivity index (χ1v) is 10.2. The summed E-state index contributed by atoms with van der Waals surface area (Å²) in [5, 5.41) is 4.36. The highest BCUT2D eigenvalue weighted by Crippen LogP contribution is 2.34. The zero-order valence-corrected chi connectivity index (χ0v) is 16.9. The van der Waals surface area contributed by atoms with Crippen molar-refractivity contribution in [3.63, 3.8) is 0 Å². The molecule has 1 amide bonds. The molecule has 1 heterocycles. The van der Waals surface area contributed by atoms with Crippen molar-refractivity contribution in [3.8, 4) is 5.69 Å². The normalized spacial score (nSPS) is 19.1. The number of rotatable bonds is 4. The summed E-state index contributed by atoms with van der Waals surface area (Å²) in [6.45, 7) is 1.88. The van der Waals surface area contributed by atoms with Crippen molar-refractivity contribution in [2.24, 2.45) is 0 Å². The number of nitrogens with zero attached hydrogens (tertiary/aromatic N) is 3. The first-order chi connectivity index (χ1) is 14.0. The van der Waals surface area contributed by atoms with Gasteiger partial charge in [0.05, 0.1) is 23.1 Å². The van der Waals surface area contributed by atoms with Gasteiger partial charge in [-0.3, -0.25) is 4.79 Å². The Labute approximate surface area is 171 Å². The average Bonchev–Trinajstić information content (AvgIpc) is 3.15. The number of carbonyl (C=O) groups excluding carboxylic acids is 1. The van der Waals surface area contributed by atoms with E-state index in [2.05, 4.69) is 35.4 Å². The van der Waals surface area contributed by atoms with Crippen molar-refractivity contribution in [1.29, 1.82) is 0 Å². The van der Waals surface area contributed by atoms with E-state index in [0.717, 1.165) is 37.1 Å². The van der Waals surface area contributed by atoms with Crippen LogP contribution in [-0.2, 0) is 0 Å². The van der Waals surface area contributed by atoms with Crippen LogP contribution in [0.15, 0.2) is 60.8 Å². The summed E-state index contributed by atoms with van der Waals surface area (Å²) < 4.78 is 14.9. The highest BCUT2D eigenvalue weighted by molar-refractivity contribution is 5.95. The molecule has 4 rings (SSSR count). The smallest absolute Gasteiger partial charge is 0.257 e. The van der Waals surface area contributed by atoms with Crippen molar-refractivity contribution >= 4 is 5.91 Å². The molecule has 0 aliphatic heterocycles. The van der Waals surface area contributed by atoms with E-state index in [1.54, 1.807) is 23.0 Å². The summed E-state index contributed by atoms with van der Waals surface area (Å²) in [6.07, 6.45) is 5.83. The Balaban J connectivity index is 1.44. The molecule has 1 aromatic heterocycles. The van der Waals surface area contributed by atoms with Crippen molar-refractivity contribution in [2.75, 3.05) is 7.05 Å². The number of aromatic nitrogens is 2. The van der Waals surface area contributed by atoms with Crippen LogP contribution >= 0.6 is 0 Å². The number of amides is 1. The van der Waals surface area contributed by atoms with Crippen LogP contribution in [0.3, 0.4) is 0 Å². The predicted octanol–water partition coefficient (Wildman–Crippen LogP) is 5.12. The minimum atomic E-state index is -0.291. The summed E-state index contributed by atoms with van der Waals surface area (Å²) >= 11 is 0. The lowest BCUT2D eigenvalue weighted by molar-refractivity contribution is 0.0688. The SMILES string of the molecule is Cc1c(C(=O)N(C)C2CCC(c3ccccc3)CC2)cnn1-c1ccc(F)cc1. The van der Waals surface area contributed by atoms with E-state index in [1.165, 1.54) is 17.7 Å². The van der Waals surface area contributed by atoms with Gasteiger partial charge in [-0.15, -0.1) is 0 Å². The zero-order valence-electron chi connectivity index (χ0n) is 16.9. The van der Waals surface area contributed by atoms with E-state index in [9.17, 15) is 9.18 Å². The summed E-state index contributed by atoms with van der Waals surface area (Å²) in [6, 6.07) is 17.0. The van der Waals surface area contributed by atoms with E-state index in [-0.39, 0.29) is 17.8 Å². The van der Waals surface area contributed by atoms with Crippen molar-refractivity contribution < 1.29 is 9.18 Å². The van der Waals surface area contributed by atoms with Crippen LogP contribution in [0.4, 0.5) is 4.39 Å². The van der Waals surface area contributed by atoms with Crippen molar-refractivity contribution in [1.82, 2.24) is 14.7 Å². The maximum Gasteiger partial charge on any atom is 0.257 e. The second-order valence-corrected chi connectivity index (χ2v) is 7.86. The van der Waals surface area contributed by atoms with Crippen LogP contribution in [-0.4, -0.2) is 33.7 Å². The Morgan fingerprint density at radius 2 is 1.69 bits per heavy atom. The summed E-state index contributed by atoms with van der Waals surface area (Å²) in [4.78, 5) is 15.0. The van der Waals surface area contributed by atoms with Crippen molar-refractivity contribution in [2.45, 2.75) is 44.6 Å². The van der Waals surface area contributed by atoms with Gasteiger partial charge in [-0.05, 0) is 68.4 Å². The molecule has 150 valence electrons. The maximum atomic E-state index is 13.2. The monoisotopic (exact) mass is 391 g/mol. The van der Waals surface area contributed by atoms with E-state index in [4.69, 9.17) is 0 Å². The van der Waals surface area contributed by atoms with E-state index >= 15 is 0 Å². The Bertz CT molecular complexity index is 973. The van der Waals surface area contributed by atoms with Gasteiger partial charge < -0.3 is 4.90 Å². The molecule has 29 heavy (non-hydrogen) atoms. The first-order valence-electron chi connectivity index (χ1n) is 10.2. The van der Waals surface area contributed by atoms with Gasteiger partial charge >= 0.3 is 0 Å². The third-order valence-electron chi connectivity index (χ3n) is 6.15. The van der Waals surface area contributed by atoms with Gasteiger partial charge in [-0.2, -0.15) is 5.10 Å². The molecule has 0 atom stereocenters. The third kappa shape index (κ3) is 3.95. The largest absolute Gasteiger partial charge is 0.339 e. The van der Waals surface area contributed by atoms with Crippen LogP contribution in [0, 0.1) is 12.7 Å². The number of hydrogen-bond acceptors (Lipinski definition) is 2. The standard InChI is InChI=1S/C24H26FN3O/c1-17-23(16-26-28(17)22-14-10-20(25)11-15-22)24(29)27(2)21-12-8-19(9-13-21)18-6-4-3-5-7-18/h3-7,10-11,14-16,19,21H,8-9,12-13H2,1-2H3. The molecule has 0 radical (unpaired) electrons. The molecule has 3 aromatic rings. The molecule has 0 unspecified atom stereocenters. The van der Waals surface area contributed by atoms with Gasteiger partial charge in [0.2, 0.25) is 0 Å². The van der Waals surface area contributed by atoms with Gasteiger partial charge in [-0.25, -0.2) is 9.07 Å². The maximum absolute atomic E-state index is 13.2. The molecule has 0 spiro atoms. The Hall–Kier alpha value is -2.95. The Morgan fingerprint density at radius 3 is 2.34 bits per heavy atom. The molecule has 5 heteroatoms. The lowest BCUT2D eigenvalue weighted by Crippen LogP contribution is -2.39. The highest BCUT2D eigenvalue weighted by atomic mass is 19.1. The predicted molar refractivity (Wildman–Crippen MR) is 112 cm³/mol. The number of halogens is 1. The lowest BCUT2D eigenvalue weighted by atomic mass is 9.81. The van der Waals surface area contributed by atoms with Crippen LogP contribution in [0.2, 0.25) is 0 Å². The minimum absolute atomic E-state index is 0.000905. The van der Waals surface area contributed by atoms with Gasteiger partial charge in [0.15, 0.2) is 0 Å². The number of benzene rings is 2. The molecule has 1 aliphatic rings. The van der Waals surface area contributed by atoms with E-state index < -0.39 is 0 Å². The van der Waals surface area contributed by atoms with Gasteiger partial charge in [0.1, 0.15) is 5.82 Å². The second kappa shape index (κ2) is 8.19. The van der Waals surface area contributed by atoms with E-state index in [0.29, 0.717) is 11.5 Å². The molecule has 1 saturated carbocycles. The highest BCUT2D eigenvalue weighted by Gasteiger charge is 2.29. The van der Waals surface area contributed by atoms with Crippen LogP contribution in [0.25, 0.3) is 5.69 Å². The number of hydrogen-bond donors (Lipinski definition) is 0. The molecular weight excluding hydrogens is 365 g/mol. The Morgan fingerprint density at radius 1 is 1.03 bits per heavy atom. The summed E-state index contributed by atoms with van der Waals surface area (Å²) in [5.74, 6) is 0.290. The molecule has 0 bridgehead atoms. The third-order valence-corrected chi connectivity index (χ3v) is 6.15. The Kier molecular flexibility index (Phi) is 5.47. The number of carbonyl (C=O) groups is 1. The van der Waals surface area contributed by atoms with Crippen LogP contribution < -0.4 is 0 Å². The molecule has 0 saturated heterocycles. The average molecular weight is 391 g/mol. The molecule has 0 N–H and O–H groups in total. The quantitative estimate of drug-likeness (QED) is 0.619. The fraction of sp³-hybridized carbons (Fsp3) is 0.333. The van der Waals surface area contributed by atoms with Crippen molar-refractivity contribution in [3.05, 3.63) is 83.4 Å². The van der Waals surface area contributed by atoms with Gasteiger partial charge in [-0.1, -0.05) is 30.3 Å². The molecule has 1 aliphatic carbocycles.